The summed E-state index contributed by atoms with van der Waals surface area (Å²) in [6.07, 6.45) is 8.65. The van der Waals surface area contributed by atoms with Crippen molar-refractivity contribution < 1.29 is 0 Å². The van der Waals surface area contributed by atoms with E-state index in [4.69, 9.17) is 4.99 Å². The van der Waals surface area contributed by atoms with Gasteiger partial charge < -0.3 is 4.90 Å². The average molecular weight is 583 g/mol. The molecular formula is C43H27BN2. The highest BCUT2D eigenvalue weighted by Crippen LogP contribution is 2.58. The maximum absolute atomic E-state index is 5.05. The summed E-state index contributed by atoms with van der Waals surface area (Å²) in [5, 5.41) is 0. The molecule has 0 fully saturated rings. The van der Waals surface area contributed by atoms with Crippen molar-refractivity contribution in [2.45, 2.75) is 11.5 Å². The Bertz CT molecular complexity index is 2410. The van der Waals surface area contributed by atoms with Gasteiger partial charge in [-0.25, -0.2) is 4.99 Å². The number of fused-ring (bicyclic) bond motifs is 14. The number of aliphatic imine (C=N–C) groups is 1. The van der Waals surface area contributed by atoms with Crippen molar-refractivity contribution in [3.63, 3.8) is 0 Å². The normalized spacial score (nSPS) is 19.9. The standard InChI is InChI=1S/C43H27BN2/c1-3-15-32-28(12-1)31-26-27(46-40-22-9-7-20-38(40)45-39-21-8-10-23-41(39)46)24-25-33(31)43(32)34-16-4-6-19-37(34)44-36-18-5-2-13-29(36)30-14-11-17-35(43)42(30)44/h1-26,40H. The van der Waals surface area contributed by atoms with Crippen molar-refractivity contribution in [2.75, 3.05) is 4.90 Å². The summed E-state index contributed by atoms with van der Waals surface area (Å²) in [7, 11) is 0. The van der Waals surface area contributed by atoms with Crippen molar-refractivity contribution in [1.29, 1.82) is 0 Å². The quantitative estimate of drug-likeness (QED) is 0.182. The van der Waals surface area contributed by atoms with E-state index in [1.807, 2.05) is 0 Å². The van der Waals surface area contributed by atoms with Crippen molar-refractivity contribution in [3.8, 4) is 22.3 Å². The predicted molar refractivity (Wildman–Crippen MR) is 192 cm³/mol. The molecule has 0 N–H and O–H groups in total. The van der Waals surface area contributed by atoms with Crippen LogP contribution in [0.1, 0.15) is 22.3 Å². The van der Waals surface area contributed by atoms with Gasteiger partial charge in [0.05, 0.1) is 28.5 Å². The first-order chi connectivity index (χ1) is 22.8. The molecule has 5 aliphatic rings. The SMILES string of the molecule is C1=CC2=Nc3ccccc3N(c3ccc4c(c3)-c3ccccc3C43c4ccccc4B4c5ccccc5-c5cccc3c54)C2C=C1. The van der Waals surface area contributed by atoms with Crippen LogP contribution in [0.5, 0.6) is 0 Å². The fraction of sp³-hybridized carbons (Fsp3) is 0.0465. The summed E-state index contributed by atoms with van der Waals surface area (Å²) in [6, 6.07) is 50.3. The number of rotatable bonds is 1. The molecule has 3 aliphatic heterocycles. The van der Waals surface area contributed by atoms with Crippen molar-refractivity contribution in [1.82, 2.24) is 0 Å². The van der Waals surface area contributed by atoms with Crippen molar-refractivity contribution >= 4 is 45.9 Å². The molecule has 3 heterocycles. The van der Waals surface area contributed by atoms with Crippen LogP contribution in [-0.4, -0.2) is 18.5 Å². The summed E-state index contributed by atoms with van der Waals surface area (Å²) in [4.78, 5) is 7.51. The van der Waals surface area contributed by atoms with E-state index >= 15 is 0 Å². The molecule has 6 aromatic carbocycles. The molecule has 0 saturated carbocycles. The smallest absolute Gasteiger partial charge is 0.243 e. The van der Waals surface area contributed by atoms with Gasteiger partial charge in [0.2, 0.25) is 6.71 Å². The molecule has 0 aromatic heterocycles. The van der Waals surface area contributed by atoms with Crippen LogP contribution < -0.4 is 21.3 Å². The van der Waals surface area contributed by atoms with Crippen LogP contribution in [-0.2, 0) is 5.41 Å². The summed E-state index contributed by atoms with van der Waals surface area (Å²) >= 11 is 0. The maximum atomic E-state index is 5.05. The molecule has 2 unspecified atom stereocenters. The molecule has 1 spiro atoms. The molecule has 6 aromatic rings. The zero-order chi connectivity index (χ0) is 30.0. The van der Waals surface area contributed by atoms with Gasteiger partial charge in [0.25, 0.3) is 0 Å². The second kappa shape index (κ2) is 8.74. The first-order valence-electron chi connectivity index (χ1n) is 16.2. The van der Waals surface area contributed by atoms with Crippen LogP contribution in [0.15, 0.2) is 163 Å². The highest BCUT2D eigenvalue weighted by molar-refractivity contribution is 7.00. The van der Waals surface area contributed by atoms with E-state index < -0.39 is 5.41 Å². The predicted octanol–water partition coefficient (Wildman–Crippen LogP) is 7.58. The number of para-hydroxylation sites is 2. The first kappa shape index (κ1) is 24.6. The first-order valence-corrected chi connectivity index (χ1v) is 16.2. The Morgan fingerprint density at radius 2 is 1.28 bits per heavy atom. The minimum Gasteiger partial charge on any atom is -0.327 e. The topological polar surface area (TPSA) is 15.6 Å². The van der Waals surface area contributed by atoms with Gasteiger partial charge in [0.15, 0.2) is 0 Å². The number of benzene rings is 6. The van der Waals surface area contributed by atoms with E-state index in [1.54, 1.807) is 0 Å². The molecule has 212 valence electrons. The Morgan fingerprint density at radius 3 is 2.22 bits per heavy atom. The molecule has 11 rings (SSSR count). The van der Waals surface area contributed by atoms with E-state index in [1.165, 1.54) is 66.6 Å². The minimum absolute atomic E-state index is 0.0515. The van der Waals surface area contributed by atoms with Crippen molar-refractivity contribution in [3.05, 3.63) is 180 Å². The minimum atomic E-state index is -0.398. The molecule has 0 amide bonds. The van der Waals surface area contributed by atoms with E-state index in [0.717, 1.165) is 17.1 Å². The largest absolute Gasteiger partial charge is 0.327 e. The molecule has 0 saturated heterocycles. The third kappa shape index (κ3) is 2.87. The van der Waals surface area contributed by atoms with Crippen LogP contribution >= 0.6 is 0 Å². The Balaban J connectivity index is 1.21. The van der Waals surface area contributed by atoms with Crippen LogP contribution in [0.2, 0.25) is 0 Å². The van der Waals surface area contributed by atoms with Gasteiger partial charge in [-0.05, 0) is 74.8 Å². The number of hydrogen-bond donors (Lipinski definition) is 0. The second-order valence-electron chi connectivity index (χ2n) is 13.0. The molecule has 3 heteroatoms. The molecule has 2 aliphatic carbocycles. The average Bonchev–Trinajstić information content (AvgIpc) is 3.61. The Hall–Kier alpha value is -5.67. The molecular weight excluding hydrogens is 555 g/mol. The number of anilines is 2. The van der Waals surface area contributed by atoms with Gasteiger partial charge in [0.1, 0.15) is 0 Å². The van der Waals surface area contributed by atoms with Gasteiger partial charge in [-0.3, -0.25) is 0 Å². The van der Waals surface area contributed by atoms with E-state index in [9.17, 15) is 0 Å². The van der Waals surface area contributed by atoms with Crippen LogP contribution in [0.4, 0.5) is 17.1 Å². The fourth-order valence-electron chi connectivity index (χ4n) is 9.34. The summed E-state index contributed by atoms with van der Waals surface area (Å²) < 4.78 is 0. The number of hydrogen-bond acceptors (Lipinski definition) is 2. The lowest BCUT2D eigenvalue weighted by Crippen LogP contribution is -2.59. The number of nitrogens with zero attached hydrogens (tertiary/aromatic N) is 2. The monoisotopic (exact) mass is 582 g/mol. The third-order valence-corrected chi connectivity index (χ3v) is 11.0. The lowest BCUT2D eigenvalue weighted by molar-refractivity contribution is 0.775. The number of allylic oxidation sites excluding steroid dienone is 2. The highest BCUT2D eigenvalue weighted by atomic mass is 15.2. The molecule has 2 atom stereocenters. The van der Waals surface area contributed by atoms with Crippen molar-refractivity contribution in [2.24, 2.45) is 4.99 Å². The van der Waals surface area contributed by atoms with Crippen LogP contribution in [0, 0.1) is 0 Å². The van der Waals surface area contributed by atoms with Gasteiger partial charge in [-0.2, -0.15) is 0 Å². The third-order valence-electron chi connectivity index (χ3n) is 11.0. The summed E-state index contributed by atoms with van der Waals surface area (Å²) in [5.41, 5.74) is 19.3. The van der Waals surface area contributed by atoms with Crippen LogP contribution in [0.25, 0.3) is 22.3 Å². The molecule has 0 bridgehead atoms. The van der Waals surface area contributed by atoms with Gasteiger partial charge in [0, 0.05) is 5.69 Å². The fourth-order valence-corrected chi connectivity index (χ4v) is 9.34. The van der Waals surface area contributed by atoms with Gasteiger partial charge in [-0.15, -0.1) is 0 Å². The zero-order valence-electron chi connectivity index (χ0n) is 25.1. The molecule has 0 radical (unpaired) electrons. The lowest BCUT2D eigenvalue weighted by atomic mass is 9.32. The zero-order valence-corrected chi connectivity index (χ0v) is 25.1. The molecule has 46 heavy (non-hydrogen) atoms. The van der Waals surface area contributed by atoms with Gasteiger partial charge in [-0.1, -0.05) is 144 Å². The maximum Gasteiger partial charge on any atom is 0.243 e. The van der Waals surface area contributed by atoms with E-state index in [2.05, 4.69) is 163 Å². The Labute approximate surface area is 268 Å². The summed E-state index contributed by atoms with van der Waals surface area (Å²) in [5.74, 6) is 0. The van der Waals surface area contributed by atoms with Gasteiger partial charge >= 0.3 is 0 Å². The molecule has 2 nitrogen and oxygen atoms in total. The van der Waals surface area contributed by atoms with E-state index in [0.29, 0.717) is 0 Å². The summed E-state index contributed by atoms with van der Waals surface area (Å²) in [6.45, 7) is 0.244. The highest BCUT2D eigenvalue weighted by Gasteiger charge is 2.54. The second-order valence-corrected chi connectivity index (χ2v) is 13.0. The van der Waals surface area contributed by atoms with E-state index in [-0.39, 0.29) is 12.8 Å². The Kier molecular flexibility index (Phi) is 4.68. The lowest BCUT2D eigenvalue weighted by Gasteiger charge is -2.42. The Morgan fingerprint density at radius 1 is 0.565 bits per heavy atom. The van der Waals surface area contributed by atoms with Crippen LogP contribution in [0.3, 0.4) is 0 Å².